The molecule has 1 fully saturated rings. The van der Waals surface area contributed by atoms with Crippen LogP contribution in [0.2, 0.25) is 5.02 Å². The molecule has 0 aliphatic heterocycles. The molecule has 0 N–H and O–H groups in total. The third-order valence-corrected chi connectivity index (χ3v) is 5.14. The summed E-state index contributed by atoms with van der Waals surface area (Å²) in [7, 11) is 0. The van der Waals surface area contributed by atoms with Crippen LogP contribution < -0.4 is 0 Å². The minimum absolute atomic E-state index is 0.475. The van der Waals surface area contributed by atoms with Crippen molar-refractivity contribution in [1.29, 1.82) is 0 Å². The summed E-state index contributed by atoms with van der Waals surface area (Å²) in [5, 5.41) is 0.745. The van der Waals surface area contributed by atoms with Crippen LogP contribution in [0.5, 0.6) is 0 Å². The van der Waals surface area contributed by atoms with E-state index < -0.39 is 0 Å². The van der Waals surface area contributed by atoms with Crippen molar-refractivity contribution in [2.75, 3.05) is 5.88 Å². The Morgan fingerprint density at radius 3 is 2.67 bits per heavy atom. The average Bonchev–Trinajstić information content (AvgIpc) is 2.76. The van der Waals surface area contributed by atoms with Crippen molar-refractivity contribution in [3.05, 3.63) is 29.0 Å². The first-order valence-corrected chi connectivity index (χ1v) is 8.64. The molecule has 1 aliphatic rings. The fraction of sp³-hybridized carbons (Fsp3) is 0.588. The van der Waals surface area contributed by atoms with E-state index in [2.05, 4.69) is 24.5 Å². The van der Waals surface area contributed by atoms with E-state index in [0.29, 0.717) is 17.3 Å². The molecule has 1 saturated carbocycles. The lowest BCUT2D eigenvalue weighted by Gasteiger charge is -2.35. The van der Waals surface area contributed by atoms with Crippen molar-refractivity contribution < 1.29 is 0 Å². The minimum atomic E-state index is 0.475. The van der Waals surface area contributed by atoms with Crippen LogP contribution in [0.15, 0.2) is 18.2 Å². The van der Waals surface area contributed by atoms with Crippen LogP contribution in [0, 0.1) is 5.41 Å². The molecule has 114 valence electrons. The molecule has 0 bridgehead atoms. The molecule has 0 spiro atoms. The second-order valence-electron chi connectivity index (χ2n) is 6.87. The maximum absolute atomic E-state index is 6.11. The first-order valence-electron chi connectivity index (χ1n) is 7.72. The smallest absolute Gasteiger partial charge is 0.111 e. The average molecular weight is 325 g/mol. The van der Waals surface area contributed by atoms with Gasteiger partial charge in [-0.05, 0) is 49.3 Å². The number of imidazole rings is 1. The van der Waals surface area contributed by atoms with E-state index in [1.54, 1.807) is 0 Å². The van der Waals surface area contributed by atoms with Crippen LogP contribution >= 0.6 is 23.2 Å². The van der Waals surface area contributed by atoms with Gasteiger partial charge in [-0.25, -0.2) is 4.98 Å². The Bertz CT molecular complexity index is 636. The molecule has 3 rings (SSSR count). The molecule has 1 aromatic carbocycles. The van der Waals surface area contributed by atoms with Gasteiger partial charge in [0.15, 0.2) is 0 Å². The lowest BCUT2D eigenvalue weighted by atomic mass is 9.75. The summed E-state index contributed by atoms with van der Waals surface area (Å²) >= 11 is 12.1. The number of aromatic nitrogens is 2. The standard InChI is InChI=1S/C17H22Cl2N2/c1-17(2)8-5-13(6-9-17)21-15-4-3-12(19)11-14(15)20-16(21)7-10-18/h3-4,11,13H,5-10H2,1-2H3. The molecular weight excluding hydrogens is 303 g/mol. The van der Waals surface area contributed by atoms with Gasteiger partial charge in [0, 0.05) is 23.4 Å². The number of hydrogen-bond acceptors (Lipinski definition) is 1. The van der Waals surface area contributed by atoms with Gasteiger partial charge in [-0.2, -0.15) is 0 Å². The Hall–Kier alpha value is -0.730. The Morgan fingerprint density at radius 1 is 1.29 bits per heavy atom. The molecule has 0 atom stereocenters. The molecule has 1 aliphatic carbocycles. The number of alkyl halides is 1. The molecule has 2 aromatic rings. The largest absolute Gasteiger partial charge is 0.325 e. The summed E-state index contributed by atoms with van der Waals surface area (Å²) in [5.41, 5.74) is 2.67. The van der Waals surface area contributed by atoms with Crippen LogP contribution in [0.1, 0.15) is 51.4 Å². The van der Waals surface area contributed by atoms with Gasteiger partial charge in [0.25, 0.3) is 0 Å². The van der Waals surface area contributed by atoms with Gasteiger partial charge in [0.2, 0.25) is 0 Å². The van der Waals surface area contributed by atoms with Crippen molar-refractivity contribution in [2.24, 2.45) is 5.41 Å². The first-order chi connectivity index (χ1) is 10.00. The third-order valence-electron chi connectivity index (χ3n) is 4.72. The second kappa shape index (κ2) is 5.81. The van der Waals surface area contributed by atoms with Gasteiger partial charge in [0.1, 0.15) is 5.82 Å². The molecule has 0 radical (unpaired) electrons. The van der Waals surface area contributed by atoms with Crippen LogP contribution in [-0.2, 0) is 6.42 Å². The summed E-state index contributed by atoms with van der Waals surface area (Å²) in [4.78, 5) is 4.77. The molecule has 1 heterocycles. The Balaban J connectivity index is 2.01. The van der Waals surface area contributed by atoms with Crippen molar-refractivity contribution in [3.8, 4) is 0 Å². The topological polar surface area (TPSA) is 17.8 Å². The summed E-state index contributed by atoms with van der Waals surface area (Å²) in [6.45, 7) is 4.74. The number of halogens is 2. The number of rotatable bonds is 3. The van der Waals surface area contributed by atoms with E-state index in [-0.39, 0.29) is 0 Å². The number of benzene rings is 1. The zero-order valence-corrected chi connectivity index (χ0v) is 14.2. The van der Waals surface area contributed by atoms with E-state index in [1.165, 1.54) is 31.2 Å². The van der Waals surface area contributed by atoms with Gasteiger partial charge in [-0.15, -0.1) is 11.6 Å². The summed E-state index contributed by atoms with van der Waals surface area (Å²) in [5.74, 6) is 1.71. The van der Waals surface area contributed by atoms with Gasteiger partial charge >= 0.3 is 0 Å². The third kappa shape index (κ3) is 3.07. The van der Waals surface area contributed by atoms with Crippen LogP contribution in [0.25, 0.3) is 11.0 Å². The molecule has 1 aromatic heterocycles. The van der Waals surface area contributed by atoms with Crippen molar-refractivity contribution in [3.63, 3.8) is 0 Å². The Labute approximate surface area is 136 Å². The summed E-state index contributed by atoms with van der Waals surface area (Å²) < 4.78 is 2.42. The van der Waals surface area contributed by atoms with Gasteiger partial charge in [0.05, 0.1) is 11.0 Å². The monoisotopic (exact) mass is 324 g/mol. The zero-order chi connectivity index (χ0) is 15.0. The fourth-order valence-corrected chi connectivity index (χ4v) is 3.77. The number of hydrogen-bond donors (Lipinski definition) is 0. The molecule has 2 nitrogen and oxygen atoms in total. The normalized spacial score (nSPS) is 19.2. The quantitative estimate of drug-likeness (QED) is 0.670. The Kier molecular flexibility index (Phi) is 4.20. The predicted octanol–water partition coefficient (Wildman–Crippen LogP) is 5.61. The lowest BCUT2D eigenvalue weighted by molar-refractivity contribution is 0.194. The van der Waals surface area contributed by atoms with Gasteiger partial charge < -0.3 is 4.57 Å². The van der Waals surface area contributed by atoms with Crippen molar-refractivity contribution >= 4 is 34.2 Å². The molecule has 21 heavy (non-hydrogen) atoms. The number of fused-ring (bicyclic) bond motifs is 1. The minimum Gasteiger partial charge on any atom is -0.325 e. The highest BCUT2D eigenvalue weighted by Gasteiger charge is 2.29. The van der Waals surface area contributed by atoms with Gasteiger partial charge in [-0.1, -0.05) is 25.4 Å². The predicted molar refractivity (Wildman–Crippen MR) is 90.5 cm³/mol. The zero-order valence-electron chi connectivity index (χ0n) is 12.7. The molecule has 0 saturated heterocycles. The molecule has 0 unspecified atom stereocenters. The van der Waals surface area contributed by atoms with Crippen molar-refractivity contribution in [1.82, 2.24) is 9.55 Å². The summed E-state index contributed by atoms with van der Waals surface area (Å²) in [6, 6.07) is 6.56. The highest BCUT2D eigenvalue weighted by Crippen LogP contribution is 2.41. The van der Waals surface area contributed by atoms with E-state index >= 15 is 0 Å². The second-order valence-corrected chi connectivity index (χ2v) is 7.68. The summed E-state index contributed by atoms with van der Waals surface area (Å²) in [6.07, 6.45) is 5.79. The van der Waals surface area contributed by atoms with Crippen LogP contribution in [-0.4, -0.2) is 15.4 Å². The van der Waals surface area contributed by atoms with E-state index in [4.69, 9.17) is 28.2 Å². The lowest BCUT2D eigenvalue weighted by Crippen LogP contribution is -2.24. The van der Waals surface area contributed by atoms with E-state index in [9.17, 15) is 0 Å². The maximum atomic E-state index is 6.11. The molecule has 4 heteroatoms. The van der Waals surface area contributed by atoms with Gasteiger partial charge in [-0.3, -0.25) is 0 Å². The highest BCUT2D eigenvalue weighted by molar-refractivity contribution is 6.31. The van der Waals surface area contributed by atoms with Crippen LogP contribution in [0.3, 0.4) is 0 Å². The number of aryl methyl sites for hydroxylation is 1. The number of nitrogens with zero attached hydrogens (tertiary/aromatic N) is 2. The van der Waals surface area contributed by atoms with E-state index in [0.717, 1.165) is 22.8 Å². The SMILES string of the molecule is CC1(C)CCC(n2c(CCCl)nc3cc(Cl)ccc32)CC1. The fourth-order valence-electron chi connectivity index (χ4n) is 3.43. The highest BCUT2D eigenvalue weighted by atomic mass is 35.5. The molecular formula is C17H22Cl2N2. The van der Waals surface area contributed by atoms with Crippen LogP contribution in [0.4, 0.5) is 0 Å². The van der Waals surface area contributed by atoms with Crippen molar-refractivity contribution in [2.45, 2.75) is 52.0 Å². The van der Waals surface area contributed by atoms with E-state index in [1.807, 2.05) is 12.1 Å². The first kappa shape index (κ1) is 15.2. The maximum Gasteiger partial charge on any atom is 0.111 e. The molecule has 0 amide bonds. The Morgan fingerprint density at radius 2 is 2.00 bits per heavy atom.